The third-order valence-corrected chi connectivity index (χ3v) is 4.71. The summed E-state index contributed by atoms with van der Waals surface area (Å²) in [6.07, 6.45) is 4.53. The van der Waals surface area contributed by atoms with E-state index in [2.05, 4.69) is 34.0 Å². The van der Waals surface area contributed by atoms with Gasteiger partial charge in [-0.2, -0.15) is 0 Å². The maximum atomic E-state index is 6.03. The third kappa shape index (κ3) is 4.05. The minimum atomic E-state index is 0.743. The fourth-order valence-corrected chi connectivity index (χ4v) is 3.30. The normalized spacial score (nSPS) is 11.2. The zero-order chi connectivity index (χ0) is 19.3. The highest BCUT2D eigenvalue weighted by Gasteiger charge is 2.14. The van der Waals surface area contributed by atoms with Gasteiger partial charge in [-0.3, -0.25) is 9.97 Å². The molecule has 0 amide bonds. The summed E-state index contributed by atoms with van der Waals surface area (Å²) in [7, 11) is 3.79. The Morgan fingerprint density at radius 1 is 1.00 bits per heavy atom. The van der Waals surface area contributed by atoms with Gasteiger partial charge in [-0.15, -0.1) is 0 Å². The fourth-order valence-electron chi connectivity index (χ4n) is 3.30. The van der Waals surface area contributed by atoms with Crippen LogP contribution >= 0.6 is 0 Å². The first-order valence-electron chi connectivity index (χ1n) is 9.33. The first-order chi connectivity index (χ1) is 13.7. The number of nitrogens with zero attached hydrogens (tertiary/aromatic N) is 3. The van der Waals surface area contributed by atoms with E-state index in [-0.39, 0.29) is 0 Å². The molecule has 5 heteroatoms. The Bertz CT molecular complexity index is 1050. The van der Waals surface area contributed by atoms with E-state index in [0.29, 0.717) is 0 Å². The summed E-state index contributed by atoms with van der Waals surface area (Å²) in [6.45, 7) is 1.76. The van der Waals surface area contributed by atoms with Crippen LogP contribution in [0.4, 0.5) is 0 Å². The molecule has 0 unspecified atom stereocenters. The lowest BCUT2D eigenvalue weighted by molar-refractivity contribution is 0.329. The standard InChI is InChI=1S/C23H23N3O2/c1-26(12-9-19-7-3-5-10-24-19)16-17-13-18-15-21(20-8-4-6-11-25-20)28-23(18)22(14-17)27-2/h3-8,10-11,13-15H,9,12,16H2,1-2H3. The van der Waals surface area contributed by atoms with E-state index < -0.39 is 0 Å². The van der Waals surface area contributed by atoms with Crippen LogP contribution in [0.25, 0.3) is 22.4 Å². The van der Waals surface area contributed by atoms with Crippen molar-refractivity contribution in [2.75, 3.05) is 20.7 Å². The molecule has 0 bridgehead atoms. The van der Waals surface area contributed by atoms with Crippen LogP contribution in [0.3, 0.4) is 0 Å². The highest BCUT2D eigenvalue weighted by Crippen LogP contribution is 2.34. The van der Waals surface area contributed by atoms with Gasteiger partial charge in [0, 0.05) is 43.0 Å². The van der Waals surface area contributed by atoms with Crippen LogP contribution in [0.5, 0.6) is 5.75 Å². The topological polar surface area (TPSA) is 51.4 Å². The van der Waals surface area contributed by atoms with E-state index >= 15 is 0 Å². The van der Waals surface area contributed by atoms with Gasteiger partial charge in [-0.25, -0.2) is 0 Å². The Labute approximate surface area is 164 Å². The van der Waals surface area contributed by atoms with Crippen molar-refractivity contribution in [1.29, 1.82) is 0 Å². The minimum absolute atomic E-state index is 0.743. The molecule has 1 aromatic carbocycles. The molecule has 0 saturated heterocycles. The lowest BCUT2D eigenvalue weighted by atomic mass is 10.1. The zero-order valence-corrected chi connectivity index (χ0v) is 16.1. The van der Waals surface area contributed by atoms with Gasteiger partial charge in [-0.1, -0.05) is 12.1 Å². The highest BCUT2D eigenvalue weighted by atomic mass is 16.5. The van der Waals surface area contributed by atoms with Crippen LogP contribution in [-0.2, 0) is 13.0 Å². The Morgan fingerprint density at radius 3 is 2.54 bits per heavy atom. The van der Waals surface area contributed by atoms with Gasteiger partial charge in [0.05, 0.1) is 7.11 Å². The monoisotopic (exact) mass is 373 g/mol. The summed E-state index contributed by atoms with van der Waals surface area (Å²) >= 11 is 0. The summed E-state index contributed by atoms with van der Waals surface area (Å²) in [6, 6.07) is 18.1. The molecule has 0 fully saturated rings. The summed E-state index contributed by atoms with van der Waals surface area (Å²) in [5, 5.41) is 1.02. The predicted octanol–water partition coefficient (Wildman–Crippen LogP) is 4.57. The fraction of sp³-hybridized carbons (Fsp3) is 0.217. The summed E-state index contributed by atoms with van der Waals surface area (Å²) in [4.78, 5) is 11.1. The molecule has 28 heavy (non-hydrogen) atoms. The van der Waals surface area contributed by atoms with Crippen molar-refractivity contribution in [2.45, 2.75) is 13.0 Å². The smallest absolute Gasteiger partial charge is 0.176 e. The number of pyridine rings is 2. The number of aromatic nitrogens is 2. The number of hydrogen-bond acceptors (Lipinski definition) is 5. The molecule has 4 aromatic rings. The average Bonchev–Trinajstić information content (AvgIpc) is 3.17. The molecule has 3 aromatic heterocycles. The second-order valence-corrected chi connectivity index (χ2v) is 6.85. The van der Waals surface area contributed by atoms with E-state index in [1.165, 1.54) is 5.56 Å². The molecule has 0 N–H and O–H groups in total. The highest BCUT2D eigenvalue weighted by molar-refractivity contribution is 5.87. The number of ether oxygens (including phenoxy) is 1. The minimum Gasteiger partial charge on any atom is -0.493 e. The first kappa shape index (κ1) is 18.2. The quantitative estimate of drug-likeness (QED) is 0.475. The molecule has 5 nitrogen and oxygen atoms in total. The molecular weight excluding hydrogens is 350 g/mol. The van der Waals surface area contributed by atoms with Gasteiger partial charge >= 0.3 is 0 Å². The molecule has 3 heterocycles. The molecule has 0 aliphatic carbocycles. The van der Waals surface area contributed by atoms with Crippen molar-refractivity contribution >= 4 is 11.0 Å². The molecule has 0 aliphatic rings. The molecule has 4 rings (SSSR count). The summed E-state index contributed by atoms with van der Waals surface area (Å²) in [5.41, 5.74) is 3.86. The van der Waals surface area contributed by atoms with Crippen LogP contribution in [0.2, 0.25) is 0 Å². The lowest BCUT2D eigenvalue weighted by Crippen LogP contribution is -2.21. The SMILES string of the molecule is COc1cc(CN(C)CCc2ccccn2)cc2cc(-c3ccccn3)oc12. The molecule has 0 aliphatic heterocycles. The third-order valence-electron chi connectivity index (χ3n) is 4.71. The van der Waals surface area contributed by atoms with Crippen LogP contribution in [0.15, 0.2) is 71.4 Å². The van der Waals surface area contributed by atoms with Crippen LogP contribution in [-0.4, -0.2) is 35.6 Å². The molecule has 0 atom stereocenters. The van der Waals surface area contributed by atoms with E-state index in [4.69, 9.17) is 9.15 Å². The van der Waals surface area contributed by atoms with Crippen LogP contribution in [0, 0.1) is 0 Å². The Balaban J connectivity index is 1.54. The first-order valence-corrected chi connectivity index (χ1v) is 9.33. The van der Waals surface area contributed by atoms with E-state index in [9.17, 15) is 0 Å². The maximum Gasteiger partial charge on any atom is 0.176 e. The Morgan fingerprint density at radius 2 is 1.82 bits per heavy atom. The van der Waals surface area contributed by atoms with Gasteiger partial charge in [0.25, 0.3) is 0 Å². The van der Waals surface area contributed by atoms with Crippen molar-refractivity contribution in [3.05, 3.63) is 78.2 Å². The van der Waals surface area contributed by atoms with Gasteiger partial charge < -0.3 is 14.1 Å². The van der Waals surface area contributed by atoms with Crippen molar-refractivity contribution in [3.63, 3.8) is 0 Å². The predicted molar refractivity (Wildman–Crippen MR) is 110 cm³/mol. The van der Waals surface area contributed by atoms with Gasteiger partial charge in [0.2, 0.25) is 0 Å². The number of fused-ring (bicyclic) bond motifs is 1. The van der Waals surface area contributed by atoms with E-state index in [1.807, 2.05) is 48.7 Å². The summed E-state index contributed by atoms with van der Waals surface area (Å²) in [5.74, 6) is 1.49. The van der Waals surface area contributed by atoms with E-state index in [0.717, 1.165) is 53.4 Å². The zero-order valence-electron chi connectivity index (χ0n) is 16.1. The average molecular weight is 373 g/mol. The van der Waals surface area contributed by atoms with Gasteiger partial charge in [0.15, 0.2) is 17.1 Å². The van der Waals surface area contributed by atoms with Crippen molar-refractivity contribution in [2.24, 2.45) is 0 Å². The number of methoxy groups -OCH3 is 1. The maximum absolute atomic E-state index is 6.03. The van der Waals surface area contributed by atoms with Crippen molar-refractivity contribution in [3.8, 4) is 17.2 Å². The molecular formula is C23H23N3O2. The van der Waals surface area contributed by atoms with Gasteiger partial charge in [0.1, 0.15) is 5.69 Å². The lowest BCUT2D eigenvalue weighted by Gasteiger charge is -2.17. The molecule has 0 spiro atoms. The van der Waals surface area contributed by atoms with Crippen LogP contribution in [0.1, 0.15) is 11.3 Å². The van der Waals surface area contributed by atoms with Crippen molar-refractivity contribution in [1.82, 2.24) is 14.9 Å². The second kappa shape index (κ2) is 8.23. The second-order valence-electron chi connectivity index (χ2n) is 6.85. The number of furan rings is 1. The number of likely N-dealkylation sites (N-methyl/N-ethyl adjacent to an activating group) is 1. The molecule has 142 valence electrons. The van der Waals surface area contributed by atoms with Crippen molar-refractivity contribution < 1.29 is 9.15 Å². The Hall–Kier alpha value is -3.18. The largest absolute Gasteiger partial charge is 0.493 e. The van der Waals surface area contributed by atoms with Crippen LogP contribution < -0.4 is 4.74 Å². The number of benzene rings is 1. The Kier molecular flexibility index (Phi) is 5.35. The summed E-state index contributed by atoms with van der Waals surface area (Å²) < 4.78 is 11.6. The van der Waals surface area contributed by atoms with Gasteiger partial charge in [-0.05, 0) is 55.1 Å². The number of rotatable bonds is 7. The number of hydrogen-bond donors (Lipinski definition) is 0. The molecule has 0 saturated carbocycles. The van der Waals surface area contributed by atoms with E-state index in [1.54, 1.807) is 13.3 Å². The molecule has 0 radical (unpaired) electrons.